The Bertz CT molecular complexity index is 1430. The second-order valence-electron chi connectivity index (χ2n) is 7.48. The molecule has 0 aliphatic heterocycles. The Morgan fingerprint density at radius 3 is 2.45 bits per heavy atom. The van der Waals surface area contributed by atoms with Gasteiger partial charge in [-0.05, 0) is 53.8 Å². The Morgan fingerprint density at radius 2 is 1.76 bits per heavy atom. The van der Waals surface area contributed by atoms with E-state index in [1.165, 1.54) is 11.6 Å². The molecule has 0 spiro atoms. The van der Waals surface area contributed by atoms with Crippen molar-refractivity contribution in [2.45, 2.75) is 6.92 Å². The zero-order chi connectivity index (χ0) is 23.5. The Kier molecular flexibility index (Phi) is 6.24. The van der Waals surface area contributed by atoms with Crippen LogP contribution < -0.4 is 10.9 Å². The first-order chi connectivity index (χ1) is 15.8. The number of aryl methyl sites for hydroxylation is 1. The molecule has 2 aromatic carbocycles. The monoisotopic (exact) mass is 461 g/mol. The quantitative estimate of drug-likeness (QED) is 0.446. The van der Waals surface area contributed by atoms with Crippen LogP contribution in [-0.2, 0) is 16.6 Å². The normalized spacial score (nSPS) is 10.8. The summed E-state index contributed by atoms with van der Waals surface area (Å²) in [5.41, 5.74) is 1.84. The van der Waals surface area contributed by atoms with E-state index in [4.69, 9.17) is 16.3 Å². The number of nitrogens with zero attached hydrogens (tertiary/aromatic N) is 2. The third kappa shape index (κ3) is 4.63. The van der Waals surface area contributed by atoms with Gasteiger partial charge in [0, 0.05) is 29.2 Å². The molecule has 0 saturated carbocycles. The summed E-state index contributed by atoms with van der Waals surface area (Å²) in [6.45, 7) is 1.34. The van der Waals surface area contributed by atoms with Crippen molar-refractivity contribution in [2.24, 2.45) is 7.05 Å². The first kappa shape index (κ1) is 22.2. The van der Waals surface area contributed by atoms with E-state index in [9.17, 15) is 14.4 Å². The van der Waals surface area contributed by atoms with Crippen LogP contribution in [0.25, 0.3) is 21.9 Å². The molecule has 0 radical (unpaired) electrons. The molecule has 4 aromatic rings. The molecule has 0 saturated heterocycles. The predicted octanol–water partition coefficient (Wildman–Crippen LogP) is 4.36. The first-order valence-corrected chi connectivity index (χ1v) is 10.5. The van der Waals surface area contributed by atoms with Gasteiger partial charge in [0.15, 0.2) is 6.61 Å². The van der Waals surface area contributed by atoms with Crippen molar-refractivity contribution < 1.29 is 14.3 Å². The fraction of sp³-hybridized carbons (Fsp3) is 0.120. The van der Waals surface area contributed by atoms with Crippen LogP contribution >= 0.6 is 11.6 Å². The number of anilines is 1. The Balaban J connectivity index is 1.70. The molecule has 2 heterocycles. The molecule has 0 bridgehead atoms. The lowest BCUT2D eigenvalue weighted by Crippen LogP contribution is -2.28. The minimum atomic E-state index is -0.794. The number of hydrogen-bond acceptors (Lipinski definition) is 5. The number of nitrogens with one attached hydrogen (secondary N) is 1. The van der Waals surface area contributed by atoms with E-state index >= 15 is 0 Å². The van der Waals surface area contributed by atoms with E-state index in [0.717, 1.165) is 5.56 Å². The van der Waals surface area contributed by atoms with Crippen LogP contribution in [0.5, 0.6) is 0 Å². The third-order valence-electron chi connectivity index (χ3n) is 5.15. The van der Waals surface area contributed by atoms with Crippen molar-refractivity contribution in [3.63, 3.8) is 0 Å². The number of rotatable bonds is 5. The molecule has 0 fully saturated rings. The molecule has 4 rings (SSSR count). The average molecular weight is 462 g/mol. The number of amides is 1. The molecule has 0 aliphatic carbocycles. The standard InChI is InChI=1S/C25H20ClN3O4/c1-15-11-12-27-20(13-15)28-21(30)14-33-25(32)23-22(16-7-9-17(26)10-8-16)18-5-3-4-6-19(18)24(31)29(23)2/h3-13H,14H2,1-2H3,(H,27,28,30). The van der Waals surface area contributed by atoms with Crippen LogP contribution in [0.15, 0.2) is 71.7 Å². The minimum Gasteiger partial charge on any atom is -0.451 e. The predicted molar refractivity (Wildman–Crippen MR) is 128 cm³/mol. The summed E-state index contributed by atoms with van der Waals surface area (Å²) in [6, 6.07) is 17.5. The van der Waals surface area contributed by atoms with Crippen molar-refractivity contribution >= 4 is 40.1 Å². The summed E-state index contributed by atoms with van der Waals surface area (Å²) >= 11 is 6.04. The topological polar surface area (TPSA) is 90.3 Å². The maximum absolute atomic E-state index is 13.1. The van der Waals surface area contributed by atoms with Crippen molar-refractivity contribution in [3.8, 4) is 11.1 Å². The summed E-state index contributed by atoms with van der Waals surface area (Å²) < 4.78 is 6.54. The van der Waals surface area contributed by atoms with Gasteiger partial charge >= 0.3 is 5.97 Å². The molecule has 1 N–H and O–H groups in total. The molecule has 0 aliphatic rings. The zero-order valence-electron chi connectivity index (χ0n) is 18.0. The fourth-order valence-electron chi connectivity index (χ4n) is 3.60. The van der Waals surface area contributed by atoms with Crippen LogP contribution in [0.1, 0.15) is 16.1 Å². The number of pyridine rings is 2. The highest BCUT2D eigenvalue weighted by atomic mass is 35.5. The van der Waals surface area contributed by atoms with E-state index in [1.807, 2.05) is 6.92 Å². The molecule has 2 aromatic heterocycles. The highest BCUT2D eigenvalue weighted by Crippen LogP contribution is 2.31. The Hall–Kier alpha value is -3.97. The highest BCUT2D eigenvalue weighted by Gasteiger charge is 2.23. The second-order valence-corrected chi connectivity index (χ2v) is 7.92. The molecule has 0 atom stereocenters. The number of hydrogen-bond donors (Lipinski definition) is 1. The number of benzene rings is 2. The van der Waals surface area contributed by atoms with E-state index < -0.39 is 18.5 Å². The average Bonchev–Trinajstić information content (AvgIpc) is 2.80. The van der Waals surface area contributed by atoms with Crippen LogP contribution in [0.2, 0.25) is 5.02 Å². The van der Waals surface area contributed by atoms with Crippen molar-refractivity contribution in [3.05, 3.63) is 93.5 Å². The van der Waals surface area contributed by atoms with Crippen molar-refractivity contribution in [2.75, 3.05) is 11.9 Å². The van der Waals surface area contributed by atoms with Gasteiger partial charge in [-0.25, -0.2) is 9.78 Å². The van der Waals surface area contributed by atoms with Crippen LogP contribution in [0.4, 0.5) is 5.82 Å². The molecule has 33 heavy (non-hydrogen) atoms. The minimum absolute atomic E-state index is 0.0440. The van der Waals surface area contributed by atoms with Gasteiger partial charge in [-0.3, -0.25) is 9.59 Å². The lowest BCUT2D eigenvalue weighted by Gasteiger charge is -2.17. The SMILES string of the molecule is Cc1ccnc(NC(=O)COC(=O)c2c(-c3ccc(Cl)cc3)c3ccccc3c(=O)n2C)c1. The summed E-state index contributed by atoms with van der Waals surface area (Å²) in [5.74, 6) is -0.978. The highest BCUT2D eigenvalue weighted by molar-refractivity contribution is 6.30. The third-order valence-corrected chi connectivity index (χ3v) is 5.40. The number of carbonyl (C=O) groups excluding carboxylic acids is 2. The second kappa shape index (κ2) is 9.26. The smallest absolute Gasteiger partial charge is 0.356 e. The number of fused-ring (bicyclic) bond motifs is 1. The van der Waals surface area contributed by atoms with E-state index in [-0.39, 0.29) is 11.3 Å². The summed E-state index contributed by atoms with van der Waals surface area (Å²) in [4.78, 5) is 42.4. The molecular formula is C25H20ClN3O4. The number of aromatic nitrogens is 2. The lowest BCUT2D eigenvalue weighted by atomic mass is 9.97. The maximum Gasteiger partial charge on any atom is 0.356 e. The van der Waals surface area contributed by atoms with Gasteiger partial charge in [0.25, 0.3) is 11.5 Å². The number of esters is 1. The van der Waals surface area contributed by atoms with E-state index in [0.29, 0.717) is 32.7 Å². The number of halogens is 1. The fourth-order valence-corrected chi connectivity index (χ4v) is 3.72. The number of ether oxygens (including phenoxy) is 1. The zero-order valence-corrected chi connectivity index (χ0v) is 18.7. The lowest BCUT2D eigenvalue weighted by molar-refractivity contribution is -0.119. The van der Waals surface area contributed by atoms with E-state index in [1.54, 1.807) is 66.9 Å². The van der Waals surface area contributed by atoms with Gasteiger partial charge in [-0.2, -0.15) is 0 Å². The summed E-state index contributed by atoms with van der Waals surface area (Å²) in [7, 11) is 1.50. The summed E-state index contributed by atoms with van der Waals surface area (Å²) in [5, 5.41) is 4.19. The van der Waals surface area contributed by atoms with Crippen LogP contribution in [-0.4, -0.2) is 28.0 Å². The van der Waals surface area contributed by atoms with E-state index in [2.05, 4.69) is 10.3 Å². The number of carbonyl (C=O) groups is 2. The van der Waals surface area contributed by atoms with Crippen LogP contribution in [0, 0.1) is 6.92 Å². The molecule has 7 nitrogen and oxygen atoms in total. The Morgan fingerprint density at radius 1 is 1.06 bits per heavy atom. The van der Waals surface area contributed by atoms with Crippen molar-refractivity contribution in [1.29, 1.82) is 0 Å². The molecule has 166 valence electrons. The van der Waals surface area contributed by atoms with Gasteiger partial charge in [-0.1, -0.05) is 41.9 Å². The first-order valence-electron chi connectivity index (χ1n) is 10.1. The largest absolute Gasteiger partial charge is 0.451 e. The molecular weight excluding hydrogens is 442 g/mol. The van der Waals surface area contributed by atoms with Gasteiger partial charge in [-0.15, -0.1) is 0 Å². The maximum atomic E-state index is 13.1. The van der Waals surface area contributed by atoms with Gasteiger partial charge in [0.1, 0.15) is 11.5 Å². The van der Waals surface area contributed by atoms with Gasteiger partial charge in [0.05, 0.1) is 0 Å². The Labute approximate surface area is 194 Å². The summed E-state index contributed by atoms with van der Waals surface area (Å²) in [6.07, 6.45) is 1.57. The van der Waals surface area contributed by atoms with Gasteiger partial charge < -0.3 is 14.6 Å². The van der Waals surface area contributed by atoms with Gasteiger partial charge in [0.2, 0.25) is 0 Å². The molecule has 1 amide bonds. The van der Waals surface area contributed by atoms with Crippen LogP contribution in [0.3, 0.4) is 0 Å². The van der Waals surface area contributed by atoms with Crippen molar-refractivity contribution in [1.82, 2.24) is 9.55 Å². The molecule has 8 heteroatoms. The molecule has 0 unspecified atom stereocenters.